The molecule has 0 saturated heterocycles. The minimum atomic E-state index is -0.352. The van der Waals surface area contributed by atoms with Crippen LogP contribution in [0.15, 0.2) is 28.8 Å². The molecular weight excluding hydrogens is 317 g/mol. The highest BCUT2D eigenvalue weighted by molar-refractivity contribution is 7.97. The van der Waals surface area contributed by atoms with Gasteiger partial charge in [-0.25, -0.2) is 9.37 Å². The maximum atomic E-state index is 14.0. The van der Waals surface area contributed by atoms with Gasteiger partial charge in [-0.3, -0.25) is 0 Å². The number of oxazole rings is 1. The van der Waals surface area contributed by atoms with Crippen molar-refractivity contribution in [1.29, 1.82) is 0 Å². The lowest BCUT2D eigenvalue weighted by Gasteiger charge is -2.06. The van der Waals surface area contributed by atoms with E-state index in [1.54, 1.807) is 30.1 Å². The van der Waals surface area contributed by atoms with E-state index in [2.05, 4.69) is 20.5 Å². The molecule has 0 bridgehead atoms. The SMILES string of the molecule is CCc1cnc(CSCc2nnnn2-c2cc(C)ccc2F)o1. The lowest BCUT2D eigenvalue weighted by Crippen LogP contribution is -2.05. The van der Waals surface area contributed by atoms with Crippen LogP contribution < -0.4 is 0 Å². The topological polar surface area (TPSA) is 69.6 Å². The number of rotatable bonds is 6. The Bertz CT molecular complexity index is 801. The first-order valence-corrected chi connectivity index (χ1v) is 8.38. The van der Waals surface area contributed by atoms with Crippen molar-refractivity contribution in [2.45, 2.75) is 31.8 Å². The Morgan fingerprint density at radius 1 is 1.30 bits per heavy atom. The number of hydrogen-bond acceptors (Lipinski definition) is 6. The van der Waals surface area contributed by atoms with Crippen LogP contribution in [0.4, 0.5) is 4.39 Å². The van der Waals surface area contributed by atoms with Crippen LogP contribution in [0.2, 0.25) is 0 Å². The van der Waals surface area contributed by atoms with Gasteiger partial charge in [-0.05, 0) is 35.0 Å². The van der Waals surface area contributed by atoms with E-state index in [1.165, 1.54) is 10.7 Å². The molecule has 2 heterocycles. The minimum Gasteiger partial charge on any atom is -0.445 e. The fourth-order valence-electron chi connectivity index (χ4n) is 2.08. The first-order chi connectivity index (χ1) is 11.2. The van der Waals surface area contributed by atoms with E-state index >= 15 is 0 Å². The first kappa shape index (κ1) is 15.7. The van der Waals surface area contributed by atoms with Gasteiger partial charge in [0.2, 0.25) is 5.89 Å². The Labute approximate surface area is 137 Å². The number of benzene rings is 1. The van der Waals surface area contributed by atoms with E-state index in [1.807, 2.05) is 13.8 Å². The summed E-state index contributed by atoms with van der Waals surface area (Å²) in [6.45, 7) is 3.91. The molecule has 0 N–H and O–H groups in total. The third-order valence-electron chi connectivity index (χ3n) is 3.27. The van der Waals surface area contributed by atoms with Crippen molar-refractivity contribution in [3.63, 3.8) is 0 Å². The summed E-state index contributed by atoms with van der Waals surface area (Å²) in [6, 6.07) is 4.86. The molecule has 0 fully saturated rings. The number of halogens is 1. The maximum Gasteiger partial charge on any atom is 0.204 e. The van der Waals surface area contributed by atoms with Gasteiger partial charge in [0, 0.05) is 6.42 Å². The van der Waals surface area contributed by atoms with Crippen molar-refractivity contribution < 1.29 is 8.81 Å². The van der Waals surface area contributed by atoms with Crippen molar-refractivity contribution in [2.75, 3.05) is 0 Å². The lowest BCUT2D eigenvalue weighted by atomic mass is 10.2. The molecule has 1 aromatic carbocycles. The summed E-state index contributed by atoms with van der Waals surface area (Å²) in [5, 5.41) is 11.5. The molecule has 0 atom stereocenters. The Morgan fingerprint density at radius 3 is 2.96 bits per heavy atom. The highest BCUT2D eigenvalue weighted by Gasteiger charge is 2.13. The fraction of sp³-hybridized carbons (Fsp3) is 0.333. The largest absolute Gasteiger partial charge is 0.445 e. The molecule has 120 valence electrons. The summed E-state index contributed by atoms with van der Waals surface area (Å²) in [7, 11) is 0. The third kappa shape index (κ3) is 3.58. The van der Waals surface area contributed by atoms with Crippen LogP contribution in [0.3, 0.4) is 0 Å². The Morgan fingerprint density at radius 2 is 2.17 bits per heavy atom. The average Bonchev–Trinajstić information content (AvgIpc) is 3.19. The molecule has 8 heteroatoms. The molecule has 6 nitrogen and oxygen atoms in total. The molecule has 0 radical (unpaired) electrons. The van der Waals surface area contributed by atoms with Gasteiger partial charge in [-0.15, -0.1) is 16.9 Å². The molecule has 0 aliphatic carbocycles. The Hall–Kier alpha value is -2.22. The number of aryl methyl sites for hydroxylation is 2. The fourth-order valence-corrected chi connectivity index (χ4v) is 2.85. The van der Waals surface area contributed by atoms with E-state index in [-0.39, 0.29) is 5.82 Å². The van der Waals surface area contributed by atoms with Gasteiger partial charge in [-0.1, -0.05) is 13.0 Å². The number of thioether (sulfide) groups is 1. The summed E-state index contributed by atoms with van der Waals surface area (Å²) in [5.41, 5.74) is 1.30. The molecule has 0 aliphatic rings. The number of aromatic nitrogens is 5. The zero-order valence-corrected chi connectivity index (χ0v) is 13.7. The molecule has 0 amide bonds. The minimum absolute atomic E-state index is 0.352. The normalized spacial score (nSPS) is 11.1. The zero-order chi connectivity index (χ0) is 16.2. The van der Waals surface area contributed by atoms with Gasteiger partial charge in [-0.2, -0.15) is 4.68 Å². The first-order valence-electron chi connectivity index (χ1n) is 7.22. The number of tetrazole rings is 1. The van der Waals surface area contributed by atoms with Crippen LogP contribution in [0, 0.1) is 12.7 Å². The van der Waals surface area contributed by atoms with E-state index in [0.29, 0.717) is 28.9 Å². The summed E-state index contributed by atoms with van der Waals surface area (Å²) >= 11 is 1.56. The van der Waals surface area contributed by atoms with Gasteiger partial charge in [0.1, 0.15) is 17.3 Å². The highest BCUT2D eigenvalue weighted by atomic mass is 32.2. The summed E-state index contributed by atoms with van der Waals surface area (Å²) in [4.78, 5) is 4.21. The van der Waals surface area contributed by atoms with Gasteiger partial charge in [0.05, 0.1) is 17.7 Å². The molecule has 0 aliphatic heterocycles. The molecule has 3 aromatic rings. The quantitative estimate of drug-likeness (QED) is 0.690. The van der Waals surface area contributed by atoms with Gasteiger partial charge < -0.3 is 4.42 Å². The molecule has 23 heavy (non-hydrogen) atoms. The molecule has 0 spiro atoms. The second-order valence-electron chi connectivity index (χ2n) is 5.03. The molecule has 0 unspecified atom stereocenters. The second-order valence-corrected chi connectivity index (χ2v) is 6.01. The van der Waals surface area contributed by atoms with Gasteiger partial charge >= 0.3 is 0 Å². The Balaban J connectivity index is 1.70. The van der Waals surface area contributed by atoms with Crippen molar-refractivity contribution in [3.05, 3.63) is 53.3 Å². The lowest BCUT2D eigenvalue weighted by molar-refractivity contribution is 0.476. The van der Waals surface area contributed by atoms with Crippen LogP contribution in [0.1, 0.15) is 30.0 Å². The monoisotopic (exact) mass is 333 g/mol. The van der Waals surface area contributed by atoms with Gasteiger partial charge in [0.25, 0.3) is 0 Å². The second kappa shape index (κ2) is 6.91. The molecule has 2 aromatic heterocycles. The third-order valence-corrected chi connectivity index (χ3v) is 4.18. The zero-order valence-electron chi connectivity index (χ0n) is 12.9. The molecular formula is C15H16FN5OS. The maximum absolute atomic E-state index is 14.0. The Kier molecular flexibility index (Phi) is 4.71. The van der Waals surface area contributed by atoms with Crippen LogP contribution in [0.5, 0.6) is 0 Å². The van der Waals surface area contributed by atoms with E-state index in [9.17, 15) is 4.39 Å². The van der Waals surface area contributed by atoms with Crippen LogP contribution >= 0.6 is 11.8 Å². The van der Waals surface area contributed by atoms with Crippen LogP contribution in [-0.4, -0.2) is 25.2 Å². The van der Waals surface area contributed by atoms with Crippen molar-refractivity contribution in [2.24, 2.45) is 0 Å². The van der Waals surface area contributed by atoms with Gasteiger partial charge in [0.15, 0.2) is 5.82 Å². The van der Waals surface area contributed by atoms with Crippen molar-refractivity contribution in [3.8, 4) is 5.69 Å². The van der Waals surface area contributed by atoms with Crippen LogP contribution in [-0.2, 0) is 17.9 Å². The number of hydrogen-bond donors (Lipinski definition) is 0. The highest BCUT2D eigenvalue weighted by Crippen LogP contribution is 2.20. The number of nitrogens with zero attached hydrogens (tertiary/aromatic N) is 5. The summed E-state index contributed by atoms with van der Waals surface area (Å²) in [5.74, 6) is 2.92. The predicted octanol–water partition coefficient (Wildman–Crippen LogP) is 3.09. The average molecular weight is 333 g/mol. The standard InChI is InChI=1S/C15H16FN5OS/c1-3-11-7-17-15(22-11)9-23-8-14-18-19-20-21(14)13-6-10(2)4-5-12(13)16/h4-7H,3,8-9H2,1-2H3. The predicted molar refractivity (Wildman–Crippen MR) is 84.7 cm³/mol. The van der Waals surface area contributed by atoms with Crippen molar-refractivity contribution >= 4 is 11.8 Å². The molecule has 0 saturated carbocycles. The van der Waals surface area contributed by atoms with E-state index in [4.69, 9.17) is 4.42 Å². The summed E-state index contributed by atoms with van der Waals surface area (Å²) in [6.07, 6.45) is 2.56. The van der Waals surface area contributed by atoms with E-state index in [0.717, 1.165) is 17.7 Å². The van der Waals surface area contributed by atoms with Crippen LogP contribution in [0.25, 0.3) is 5.69 Å². The smallest absolute Gasteiger partial charge is 0.204 e. The van der Waals surface area contributed by atoms with Crippen molar-refractivity contribution in [1.82, 2.24) is 25.2 Å². The van der Waals surface area contributed by atoms with E-state index < -0.39 is 0 Å². The summed E-state index contributed by atoms with van der Waals surface area (Å²) < 4.78 is 21.0. The molecule has 3 rings (SSSR count).